The molecule has 27 heavy (non-hydrogen) atoms. The first-order valence-electron chi connectivity index (χ1n) is 9.73. The highest BCUT2D eigenvalue weighted by molar-refractivity contribution is 5.92. The Bertz CT molecular complexity index is 750. The standard InChI is InChI=1S/C20H26N6O/c1-16-5-9-25(10-6-16)19(27)18-4-3-17(15-23-18)24-11-13-26(14-12-24)20-21-7-2-8-22-20/h2-4,7-8,15-16H,5-6,9-14H2,1H3. The van der Waals surface area contributed by atoms with Crippen LogP contribution >= 0.6 is 0 Å². The predicted octanol–water partition coefficient (Wildman–Crippen LogP) is 2.07. The summed E-state index contributed by atoms with van der Waals surface area (Å²) in [7, 11) is 0. The Morgan fingerprint density at radius 1 is 0.926 bits per heavy atom. The van der Waals surface area contributed by atoms with E-state index in [0.717, 1.165) is 63.7 Å². The monoisotopic (exact) mass is 366 g/mol. The lowest BCUT2D eigenvalue weighted by atomic mass is 9.99. The number of rotatable bonds is 3. The van der Waals surface area contributed by atoms with Crippen LogP contribution in [0, 0.1) is 5.92 Å². The van der Waals surface area contributed by atoms with Crippen LogP contribution in [0.1, 0.15) is 30.3 Å². The van der Waals surface area contributed by atoms with Crippen molar-refractivity contribution in [2.45, 2.75) is 19.8 Å². The number of anilines is 2. The summed E-state index contributed by atoms with van der Waals surface area (Å²) < 4.78 is 0. The van der Waals surface area contributed by atoms with Gasteiger partial charge in [0.25, 0.3) is 5.91 Å². The molecule has 2 fully saturated rings. The molecule has 2 aromatic heterocycles. The van der Waals surface area contributed by atoms with E-state index in [1.165, 1.54) is 0 Å². The molecule has 0 radical (unpaired) electrons. The second-order valence-corrected chi connectivity index (χ2v) is 7.40. The average molecular weight is 366 g/mol. The minimum Gasteiger partial charge on any atom is -0.367 e. The fourth-order valence-corrected chi connectivity index (χ4v) is 3.69. The maximum Gasteiger partial charge on any atom is 0.272 e. The van der Waals surface area contributed by atoms with Gasteiger partial charge in [0, 0.05) is 51.7 Å². The minimum absolute atomic E-state index is 0.0551. The van der Waals surface area contributed by atoms with E-state index in [9.17, 15) is 4.79 Å². The maximum absolute atomic E-state index is 12.6. The number of aromatic nitrogens is 3. The van der Waals surface area contributed by atoms with Gasteiger partial charge in [0.05, 0.1) is 11.9 Å². The number of hydrogen-bond donors (Lipinski definition) is 0. The highest BCUT2D eigenvalue weighted by Gasteiger charge is 2.23. The molecule has 0 atom stereocenters. The van der Waals surface area contributed by atoms with Gasteiger partial charge in [-0.2, -0.15) is 0 Å². The van der Waals surface area contributed by atoms with Crippen molar-refractivity contribution in [3.05, 3.63) is 42.5 Å². The smallest absolute Gasteiger partial charge is 0.272 e. The summed E-state index contributed by atoms with van der Waals surface area (Å²) in [5.74, 6) is 1.55. The van der Waals surface area contributed by atoms with Gasteiger partial charge >= 0.3 is 0 Å². The zero-order valence-corrected chi connectivity index (χ0v) is 15.8. The average Bonchev–Trinajstić information content (AvgIpc) is 2.75. The van der Waals surface area contributed by atoms with Crippen LogP contribution in [0.25, 0.3) is 0 Å². The van der Waals surface area contributed by atoms with Gasteiger partial charge in [0.15, 0.2) is 0 Å². The van der Waals surface area contributed by atoms with Crippen LogP contribution < -0.4 is 9.80 Å². The summed E-state index contributed by atoms with van der Waals surface area (Å²) in [5.41, 5.74) is 1.61. The molecule has 7 nitrogen and oxygen atoms in total. The number of pyridine rings is 1. The van der Waals surface area contributed by atoms with Crippen LogP contribution in [-0.2, 0) is 0 Å². The van der Waals surface area contributed by atoms with Crippen molar-refractivity contribution in [1.29, 1.82) is 0 Å². The third-order valence-corrected chi connectivity index (χ3v) is 5.52. The molecule has 1 amide bonds. The Hall–Kier alpha value is -2.70. The normalized spacial score (nSPS) is 18.6. The van der Waals surface area contributed by atoms with Gasteiger partial charge in [-0.15, -0.1) is 0 Å². The lowest BCUT2D eigenvalue weighted by molar-refractivity contribution is 0.0691. The zero-order chi connectivity index (χ0) is 18.6. The van der Waals surface area contributed by atoms with Crippen LogP contribution in [0.3, 0.4) is 0 Å². The highest BCUT2D eigenvalue weighted by atomic mass is 16.2. The first-order chi connectivity index (χ1) is 13.2. The molecule has 2 aliphatic rings. The number of piperazine rings is 1. The van der Waals surface area contributed by atoms with Crippen molar-refractivity contribution in [1.82, 2.24) is 19.9 Å². The number of piperidine rings is 1. The molecular weight excluding hydrogens is 340 g/mol. The quantitative estimate of drug-likeness (QED) is 0.829. The number of likely N-dealkylation sites (tertiary alicyclic amines) is 1. The first kappa shape index (κ1) is 17.7. The summed E-state index contributed by atoms with van der Waals surface area (Å²) in [4.78, 5) is 32.1. The molecule has 0 spiro atoms. The van der Waals surface area contributed by atoms with Gasteiger partial charge in [-0.25, -0.2) is 15.0 Å². The highest BCUT2D eigenvalue weighted by Crippen LogP contribution is 2.20. The number of nitrogens with zero attached hydrogens (tertiary/aromatic N) is 6. The van der Waals surface area contributed by atoms with E-state index >= 15 is 0 Å². The molecule has 0 aromatic carbocycles. The summed E-state index contributed by atoms with van der Waals surface area (Å²) in [6.45, 7) is 7.44. The Labute approximate surface area is 160 Å². The Kier molecular flexibility index (Phi) is 5.18. The SMILES string of the molecule is CC1CCN(C(=O)c2ccc(N3CCN(c4ncccn4)CC3)cn2)CC1. The van der Waals surface area contributed by atoms with Crippen LogP contribution in [0.2, 0.25) is 0 Å². The molecule has 0 N–H and O–H groups in total. The topological polar surface area (TPSA) is 65.5 Å². The fourth-order valence-electron chi connectivity index (χ4n) is 3.69. The lowest BCUT2D eigenvalue weighted by Crippen LogP contribution is -2.47. The Morgan fingerprint density at radius 2 is 1.59 bits per heavy atom. The third-order valence-electron chi connectivity index (χ3n) is 5.52. The third kappa shape index (κ3) is 4.02. The van der Waals surface area contributed by atoms with E-state index in [1.54, 1.807) is 12.4 Å². The molecule has 2 aromatic rings. The van der Waals surface area contributed by atoms with Crippen molar-refractivity contribution >= 4 is 17.5 Å². The van der Waals surface area contributed by atoms with Crippen molar-refractivity contribution in [3.8, 4) is 0 Å². The van der Waals surface area contributed by atoms with E-state index in [2.05, 4.69) is 31.7 Å². The summed E-state index contributed by atoms with van der Waals surface area (Å²) in [6.07, 6.45) is 7.54. The van der Waals surface area contributed by atoms with Gasteiger partial charge in [-0.1, -0.05) is 6.92 Å². The second-order valence-electron chi connectivity index (χ2n) is 7.40. The van der Waals surface area contributed by atoms with Crippen LogP contribution in [0.5, 0.6) is 0 Å². The Morgan fingerprint density at radius 3 is 2.22 bits per heavy atom. The molecule has 0 unspecified atom stereocenters. The van der Waals surface area contributed by atoms with Crippen molar-refractivity contribution in [3.63, 3.8) is 0 Å². The molecule has 0 aliphatic carbocycles. The van der Waals surface area contributed by atoms with E-state index in [1.807, 2.05) is 29.3 Å². The predicted molar refractivity (Wildman–Crippen MR) is 105 cm³/mol. The first-order valence-corrected chi connectivity index (χ1v) is 9.73. The van der Waals surface area contributed by atoms with Crippen LogP contribution in [0.4, 0.5) is 11.6 Å². The van der Waals surface area contributed by atoms with Crippen molar-refractivity contribution in [2.24, 2.45) is 5.92 Å². The number of carbonyl (C=O) groups excluding carboxylic acids is 1. The van der Waals surface area contributed by atoms with E-state index in [-0.39, 0.29) is 5.91 Å². The van der Waals surface area contributed by atoms with Crippen LogP contribution in [0.15, 0.2) is 36.8 Å². The van der Waals surface area contributed by atoms with Crippen molar-refractivity contribution < 1.29 is 4.79 Å². The van der Waals surface area contributed by atoms with Gasteiger partial charge in [-0.3, -0.25) is 4.79 Å². The molecule has 4 rings (SSSR count). The van der Waals surface area contributed by atoms with Gasteiger partial charge in [0.2, 0.25) is 5.95 Å². The summed E-state index contributed by atoms with van der Waals surface area (Å²) in [6, 6.07) is 5.71. The lowest BCUT2D eigenvalue weighted by Gasteiger charge is -2.36. The molecule has 2 aliphatic heterocycles. The molecule has 7 heteroatoms. The molecule has 0 bridgehead atoms. The second kappa shape index (κ2) is 7.90. The van der Waals surface area contributed by atoms with Gasteiger partial charge in [0.1, 0.15) is 5.69 Å². The molecule has 4 heterocycles. The molecular formula is C20H26N6O. The zero-order valence-electron chi connectivity index (χ0n) is 15.8. The van der Waals surface area contributed by atoms with E-state index < -0.39 is 0 Å². The van der Waals surface area contributed by atoms with Crippen LogP contribution in [-0.4, -0.2) is 65.0 Å². The van der Waals surface area contributed by atoms with Gasteiger partial charge in [-0.05, 0) is 37.0 Å². The summed E-state index contributed by atoms with van der Waals surface area (Å²) >= 11 is 0. The molecule has 142 valence electrons. The maximum atomic E-state index is 12.6. The van der Waals surface area contributed by atoms with Crippen molar-refractivity contribution in [2.75, 3.05) is 49.1 Å². The largest absolute Gasteiger partial charge is 0.367 e. The molecule has 2 saturated heterocycles. The minimum atomic E-state index is 0.0551. The Balaban J connectivity index is 1.35. The number of carbonyl (C=O) groups is 1. The summed E-state index contributed by atoms with van der Waals surface area (Å²) in [5, 5.41) is 0. The number of hydrogen-bond acceptors (Lipinski definition) is 6. The fraction of sp³-hybridized carbons (Fsp3) is 0.500. The van der Waals surface area contributed by atoms with E-state index in [4.69, 9.17) is 0 Å². The van der Waals surface area contributed by atoms with Gasteiger partial charge < -0.3 is 14.7 Å². The van der Waals surface area contributed by atoms with E-state index in [0.29, 0.717) is 11.6 Å². The number of amides is 1. The molecule has 0 saturated carbocycles.